The highest BCUT2D eigenvalue weighted by molar-refractivity contribution is 9.10. The van der Waals surface area contributed by atoms with Crippen molar-refractivity contribution in [1.82, 2.24) is 0 Å². The summed E-state index contributed by atoms with van der Waals surface area (Å²) in [4.78, 5) is 10.5. The van der Waals surface area contributed by atoms with Gasteiger partial charge in [-0.1, -0.05) is 6.92 Å². The van der Waals surface area contributed by atoms with Crippen molar-refractivity contribution < 1.29 is 14.3 Å². The minimum atomic E-state index is 0.541. The van der Waals surface area contributed by atoms with Crippen LogP contribution in [-0.2, 0) is 17.6 Å². The number of hydrogen-bond donors (Lipinski definition) is 0. The second-order valence-electron chi connectivity index (χ2n) is 3.91. The van der Waals surface area contributed by atoms with E-state index in [4.69, 9.17) is 9.47 Å². The Labute approximate surface area is 109 Å². The zero-order valence-electron chi connectivity index (χ0n) is 9.79. The third kappa shape index (κ3) is 2.46. The summed E-state index contributed by atoms with van der Waals surface area (Å²) in [7, 11) is 0. The maximum absolute atomic E-state index is 10.5. The Hall–Kier alpha value is -1.03. The fourth-order valence-electron chi connectivity index (χ4n) is 2.05. The highest BCUT2D eigenvalue weighted by atomic mass is 79.9. The molecule has 92 valence electrons. The lowest BCUT2D eigenvalue weighted by atomic mass is 10.00. The summed E-state index contributed by atoms with van der Waals surface area (Å²) < 4.78 is 12.2. The molecule has 0 unspecified atom stereocenters. The van der Waals surface area contributed by atoms with Crippen molar-refractivity contribution in [2.24, 2.45) is 0 Å². The van der Waals surface area contributed by atoms with Gasteiger partial charge in [0.2, 0.25) is 0 Å². The molecule has 0 radical (unpaired) electrons. The van der Waals surface area contributed by atoms with E-state index in [1.165, 1.54) is 5.56 Å². The van der Waals surface area contributed by atoms with Crippen molar-refractivity contribution in [2.75, 3.05) is 13.2 Å². The molecule has 1 heterocycles. The molecular weight excluding hydrogens is 284 g/mol. The number of halogens is 1. The van der Waals surface area contributed by atoms with Gasteiger partial charge in [0.15, 0.2) is 11.5 Å². The molecule has 0 aliphatic carbocycles. The van der Waals surface area contributed by atoms with Crippen LogP contribution in [0, 0.1) is 0 Å². The van der Waals surface area contributed by atoms with E-state index in [0.717, 1.165) is 40.7 Å². The van der Waals surface area contributed by atoms with Gasteiger partial charge >= 0.3 is 0 Å². The topological polar surface area (TPSA) is 35.5 Å². The molecule has 1 aliphatic heterocycles. The molecule has 0 spiro atoms. The van der Waals surface area contributed by atoms with Crippen LogP contribution in [0.15, 0.2) is 10.5 Å². The molecule has 0 saturated carbocycles. The standard InChI is InChI=1S/C13H15BrO3/c1-2-10-9(4-3-5-15)8-11-13(12(10)14)17-7-6-16-11/h5,8H,2-4,6-7H2,1H3. The number of benzene rings is 1. The third-order valence-electron chi connectivity index (χ3n) is 2.85. The Morgan fingerprint density at radius 3 is 2.88 bits per heavy atom. The lowest BCUT2D eigenvalue weighted by Gasteiger charge is -2.23. The van der Waals surface area contributed by atoms with E-state index in [1.807, 2.05) is 6.07 Å². The first-order chi connectivity index (χ1) is 8.27. The third-order valence-corrected chi connectivity index (χ3v) is 3.69. The molecule has 0 atom stereocenters. The molecular formula is C13H15BrO3. The van der Waals surface area contributed by atoms with Gasteiger partial charge in [0.25, 0.3) is 0 Å². The highest BCUT2D eigenvalue weighted by Crippen LogP contribution is 2.42. The number of rotatable bonds is 4. The monoisotopic (exact) mass is 298 g/mol. The minimum Gasteiger partial charge on any atom is -0.486 e. The molecule has 0 saturated heterocycles. The summed E-state index contributed by atoms with van der Waals surface area (Å²) in [6, 6.07) is 2.00. The predicted octanol–water partition coefficient (Wildman–Crippen LogP) is 2.91. The summed E-state index contributed by atoms with van der Waals surface area (Å²) in [5.74, 6) is 1.57. The van der Waals surface area contributed by atoms with E-state index in [1.54, 1.807) is 0 Å². The normalized spacial score (nSPS) is 13.5. The summed E-state index contributed by atoms with van der Waals surface area (Å²) in [6.07, 6.45) is 3.15. The van der Waals surface area contributed by atoms with Crippen LogP contribution in [0.2, 0.25) is 0 Å². The number of fused-ring (bicyclic) bond motifs is 1. The predicted molar refractivity (Wildman–Crippen MR) is 68.9 cm³/mol. The smallest absolute Gasteiger partial charge is 0.175 e. The first-order valence-electron chi connectivity index (χ1n) is 5.81. The van der Waals surface area contributed by atoms with Crippen molar-refractivity contribution in [2.45, 2.75) is 26.2 Å². The van der Waals surface area contributed by atoms with Crippen LogP contribution in [0.25, 0.3) is 0 Å². The van der Waals surface area contributed by atoms with Crippen LogP contribution in [0.1, 0.15) is 24.5 Å². The molecule has 2 rings (SSSR count). The minimum absolute atomic E-state index is 0.541. The maximum atomic E-state index is 10.5. The van der Waals surface area contributed by atoms with Crippen molar-refractivity contribution in [3.8, 4) is 11.5 Å². The van der Waals surface area contributed by atoms with Crippen LogP contribution >= 0.6 is 15.9 Å². The number of ether oxygens (including phenoxy) is 2. The van der Waals surface area contributed by atoms with Crippen LogP contribution < -0.4 is 9.47 Å². The first kappa shape index (κ1) is 12.4. The molecule has 0 bridgehead atoms. The van der Waals surface area contributed by atoms with Gasteiger partial charge in [0.05, 0.1) is 4.47 Å². The summed E-state index contributed by atoms with van der Waals surface area (Å²) in [5.41, 5.74) is 2.37. The van der Waals surface area contributed by atoms with Crippen molar-refractivity contribution >= 4 is 22.2 Å². The van der Waals surface area contributed by atoms with Gasteiger partial charge in [-0.15, -0.1) is 0 Å². The number of aryl methyl sites for hydroxylation is 1. The molecule has 1 aromatic rings. The zero-order valence-corrected chi connectivity index (χ0v) is 11.4. The molecule has 0 fully saturated rings. The molecule has 0 aromatic heterocycles. The number of aldehydes is 1. The van der Waals surface area contributed by atoms with Crippen LogP contribution in [0.3, 0.4) is 0 Å². The Balaban J connectivity index is 2.44. The lowest BCUT2D eigenvalue weighted by molar-refractivity contribution is -0.107. The fraction of sp³-hybridized carbons (Fsp3) is 0.462. The molecule has 0 N–H and O–H groups in total. The lowest BCUT2D eigenvalue weighted by Crippen LogP contribution is -2.16. The van der Waals surface area contributed by atoms with Gasteiger partial charge in [0, 0.05) is 6.42 Å². The summed E-state index contributed by atoms with van der Waals surface area (Å²) in [6.45, 7) is 3.26. The van der Waals surface area contributed by atoms with Gasteiger partial charge in [0.1, 0.15) is 19.5 Å². The number of carbonyl (C=O) groups excluding carboxylic acids is 1. The van der Waals surface area contributed by atoms with Gasteiger partial charge < -0.3 is 14.3 Å². The van der Waals surface area contributed by atoms with E-state index in [0.29, 0.717) is 19.6 Å². The Morgan fingerprint density at radius 2 is 2.18 bits per heavy atom. The molecule has 4 heteroatoms. The number of carbonyl (C=O) groups is 1. The average molecular weight is 299 g/mol. The summed E-state index contributed by atoms with van der Waals surface area (Å²) in [5, 5.41) is 0. The maximum Gasteiger partial charge on any atom is 0.175 e. The largest absolute Gasteiger partial charge is 0.486 e. The molecule has 17 heavy (non-hydrogen) atoms. The SMILES string of the molecule is CCc1c(CCC=O)cc2c(c1Br)OCCO2. The van der Waals surface area contributed by atoms with Crippen molar-refractivity contribution in [3.05, 3.63) is 21.7 Å². The molecule has 1 aromatic carbocycles. The van der Waals surface area contributed by atoms with E-state index < -0.39 is 0 Å². The fourth-order valence-corrected chi connectivity index (χ4v) is 2.90. The van der Waals surface area contributed by atoms with E-state index >= 15 is 0 Å². The van der Waals surface area contributed by atoms with Crippen LogP contribution in [0.4, 0.5) is 0 Å². The van der Waals surface area contributed by atoms with Crippen LogP contribution in [0.5, 0.6) is 11.5 Å². The van der Waals surface area contributed by atoms with E-state index in [2.05, 4.69) is 22.9 Å². The van der Waals surface area contributed by atoms with Gasteiger partial charge in [-0.05, 0) is 46.0 Å². The first-order valence-corrected chi connectivity index (χ1v) is 6.60. The molecule has 1 aliphatic rings. The number of hydrogen-bond acceptors (Lipinski definition) is 3. The Kier molecular flexibility index (Phi) is 4.05. The van der Waals surface area contributed by atoms with Crippen LogP contribution in [-0.4, -0.2) is 19.5 Å². The van der Waals surface area contributed by atoms with Gasteiger partial charge in [-0.3, -0.25) is 0 Å². The second-order valence-corrected chi connectivity index (χ2v) is 4.70. The van der Waals surface area contributed by atoms with Gasteiger partial charge in [-0.25, -0.2) is 0 Å². The quantitative estimate of drug-likeness (QED) is 0.802. The summed E-state index contributed by atoms with van der Waals surface area (Å²) >= 11 is 3.58. The zero-order chi connectivity index (χ0) is 12.3. The van der Waals surface area contributed by atoms with E-state index in [-0.39, 0.29) is 0 Å². The van der Waals surface area contributed by atoms with E-state index in [9.17, 15) is 4.79 Å². The van der Waals surface area contributed by atoms with Gasteiger partial charge in [-0.2, -0.15) is 0 Å². The average Bonchev–Trinajstić information content (AvgIpc) is 2.36. The Bertz CT molecular complexity index is 429. The molecule has 0 amide bonds. The van der Waals surface area contributed by atoms with Crippen molar-refractivity contribution in [1.29, 1.82) is 0 Å². The second kappa shape index (κ2) is 5.54. The molecule has 3 nitrogen and oxygen atoms in total. The van der Waals surface area contributed by atoms with Crippen molar-refractivity contribution in [3.63, 3.8) is 0 Å². The Morgan fingerprint density at radius 1 is 1.41 bits per heavy atom. The highest BCUT2D eigenvalue weighted by Gasteiger charge is 2.20.